The fraction of sp³-hybridized carbons (Fsp3) is 0.333. The molecule has 0 saturated carbocycles. The van der Waals surface area contributed by atoms with Crippen molar-refractivity contribution in [3.05, 3.63) is 119 Å². The molecule has 4 aromatic heterocycles. The second-order valence-electron chi connectivity index (χ2n) is 22.4. The predicted octanol–water partition coefficient (Wildman–Crippen LogP) is 10.7. The minimum atomic E-state index is -1.48. The van der Waals surface area contributed by atoms with Gasteiger partial charge in [-0.1, -0.05) is 63.3 Å². The zero-order valence-corrected chi connectivity index (χ0v) is 51.2. The van der Waals surface area contributed by atoms with Crippen LogP contribution in [0, 0.1) is 33.0 Å². The summed E-state index contributed by atoms with van der Waals surface area (Å²) in [6.07, 6.45) is 7.57. The summed E-state index contributed by atoms with van der Waals surface area (Å²) in [7, 11) is 16.2. The third kappa shape index (κ3) is 15.0. The summed E-state index contributed by atoms with van der Waals surface area (Å²) in [5, 5.41) is 20.6. The van der Waals surface area contributed by atoms with Crippen molar-refractivity contribution >= 4 is 84.0 Å². The lowest BCUT2D eigenvalue weighted by Crippen LogP contribution is -2.29. The summed E-state index contributed by atoms with van der Waals surface area (Å²) in [5.74, 6) is 8.59. The minimum absolute atomic E-state index is 0.0344. The Kier molecular flexibility index (Phi) is 18.6. The molecule has 4 N–H and O–H groups in total. The van der Waals surface area contributed by atoms with Crippen molar-refractivity contribution in [1.82, 2.24) is 38.9 Å². The van der Waals surface area contributed by atoms with Crippen LogP contribution < -0.4 is 35.6 Å². The molecule has 418 valence electrons. The summed E-state index contributed by atoms with van der Waals surface area (Å²) in [6, 6.07) is 23.3. The van der Waals surface area contributed by atoms with Gasteiger partial charge in [-0.15, -0.1) is 11.1 Å². The molecule has 8 aromatic rings. The normalized spacial score (nSPS) is 11.4. The summed E-state index contributed by atoms with van der Waals surface area (Å²) >= 11 is 0. The monoisotopic (exact) mass is 1110 g/mol. The average Bonchev–Trinajstić information content (AvgIpc) is 4.09. The number of hydrogen-bond donors (Lipinski definition) is 3. The van der Waals surface area contributed by atoms with Gasteiger partial charge < -0.3 is 54.6 Å². The van der Waals surface area contributed by atoms with Crippen LogP contribution in [0.2, 0.25) is 39.3 Å². The third-order valence-corrected chi connectivity index (χ3v) is 14.7. The molecule has 18 nitrogen and oxygen atoms in total. The van der Waals surface area contributed by atoms with Crippen molar-refractivity contribution in [3.63, 3.8) is 0 Å². The van der Waals surface area contributed by atoms with Gasteiger partial charge >= 0.3 is 0 Å². The molecule has 0 aliphatic carbocycles. The number of likely N-dealkylation sites (N-methyl/N-ethyl adjacent to an activating group) is 4. The molecule has 4 heterocycles. The number of methoxy groups -OCH3 is 2. The lowest BCUT2D eigenvalue weighted by molar-refractivity contribution is -0.384. The van der Waals surface area contributed by atoms with Gasteiger partial charge in [0.2, 0.25) is 11.9 Å². The Morgan fingerprint density at radius 3 is 1.45 bits per heavy atom. The van der Waals surface area contributed by atoms with E-state index in [1.807, 2.05) is 88.6 Å². The summed E-state index contributed by atoms with van der Waals surface area (Å²) in [4.78, 5) is 38.2. The van der Waals surface area contributed by atoms with Crippen molar-refractivity contribution in [2.75, 3.05) is 109 Å². The lowest BCUT2D eigenvalue weighted by atomic mass is 10.1. The van der Waals surface area contributed by atoms with Crippen LogP contribution in [0.1, 0.15) is 11.1 Å². The zero-order valence-electron chi connectivity index (χ0n) is 49.2. The second kappa shape index (κ2) is 25.2. The van der Waals surface area contributed by atoms with Gasteiger partial charge in [0, 0.05) is 141 Å². The van der Waals surface area contributed by atoms with Crippen molar-refractivity contribution in [3.8, 4) is 56.9 Å². The highest BCUT2D eigenvalue weighted by Crippen LogP contribution is 2.40. The first-order valence-corrected chi connectivity index (χ1v) is 33.3. The van der Waals surface area contributed by atoms with E-state index in [1.165, 1.54) is 13.2 Å². The van der Waals surface area contributed by atoms with Gasteiger partial charge in [-0.05, 0) is 70.7 Å². The Morgan fingerprint density at radius 1 is 0.613 bits per heavy atom. The number of ether oxygens (including phenoxy) is 2. The molecular formula is C60H76N14O4Si2. The fourth-order valence-electron chi connectivity index (χ4n) is 8.63. The van der Waals surface area contributed by atoms with Gasteiger partial charge in [0.25, 0.3) is 5.69 Å². The molecule has 0 aliphatic heterocycles. The number of nitrogens with one attached hydrogen (secondary N) is 2. The van der Waals surface area contributed by atoms with Crippen LogP contribution in [-0.4, -0.2) is 143 Å². The first kappa shape index (κ1) is 59.3. The maximum absolute atomic E-state index is 12.0. The smallest absolute Gasteiger partial charge is 0.294 e. The number of nitrogen functional groups attached to an aromatic ring is 1. The van der Waals surface area contributed by atoms with Gasteiger partial charge in [-0.25, -0.2) is 19.9 Å². The lowest BCUT2D eigenvalue weighted by Gasteiger charge is -2.24. The number of nitro groups is 1. The van der Waals surface area contributed by atoms with Gasteiger partial charge in [-0.2, -0.15) is 0 Å². The molecular weight excluding hydrogens is 1040 g/mol. The number of rotatable bonds is 17. The molecule has 0 radical (unpaired) electrons. The van der Waals surface area contributed by atoms with Crippen LogP contribution in [0.5, 0.6) is 11.5 Å². The number of nitrogens with two attached hydrogens (primary N) is 1. The average molecular weight is 1110 g/mol. The SMILES string of the molecule is COc1cc(N(C)CCN(C)C)c(N)cc1Nc1nccc(-c2cn(C)c3cc(C#C[Si](C)(C)C)ccc23)n1.COc1cc(N(C)CCN(C)C)c([N+](=O)[O-])cc1Nc1nccc(-c2cn(C)c3cc(C#C[Si](C)(C)C)ccc23)n1. The first-order chi connectivity index (χ1) is 37.8. The Hall–Kier alpha value is -8.41. The molecule has 4 aromatic carbocycles. The largest absolute Gasteiger partial charge is 0.494 e. The number of benzene rings is 4. The number of anilines is 7. The molecule has 0 amide bonds. The van der Waals surface area contributed by atoms with Crippen LogP contribution in [0.25, 0.3) is 44.3 Å². The fourth-order valence-corrected chi connectivity index (χ4v) is 9.67. The van der Waals surface area contributed by atoms with Crippen LogP contribution >= 0.6 is 0 Å². The second-order valence-corrected chi connectivity index (χ2v) is 31.9. The van der Waals surface area contributed by atoms with E-state index in [4.69, 9.17) is 25.2 Å². The van der Waals surface area contributed by atoms with Crippen LogP contribution in [0.3, 0.4) is 0 Å². The first-order valence-electron chi connectivity index (χ1n) is 26.3. The van der Waals surface area contributed by atoms with Gasteiger partial charge in [-0.3, -0.25) is 10.1 Å². The number of nitrogens with zero attached hydrogens (tertiary/aromatic N) is 11. The number of aromatic nitrogens is 6. The molecule has 0 fully saturated rings. The van der Waals surface area contributed by atoms with Crippen LogP contribution in [0.15, 0.2) is 97.6 Å². The summed E-state index contributed by atoms with van der Waals surface area (Å²) in [6.45, 7) is 16.6. The minimum Gasteiger partial charge on any atom is -0.494 e. The topological polar surface area (TPSA) is 186 Å². The highest BCUT2D eigenvalue weighted by Gasteiger charge is 2.23. The van der Waals surface area contributed by atoms with Gasteiger partial charge in [0.05, 0.1) is 53.3 Å². The maximum atomic E-state index is 12.0. The Morgan fingerprint density at radius 2 is 1.04 bits per heavy atom. The number of fused-ring (bicyclic) bond motifs is 2. The van der Waals surface area contributed by atoms with E-state index in [-0.39, 0.29) is 10.6 Å². The van der Waals surface area contributed by atoms with Crippen LogP contribution in [0.4, 0.5) is 46.0 Å². The van der Waals surface area contributed by atoms with Crippen LogP contribution in [-0.2, 0) is 14.1 Å². The molecule has 0 saturated heterocycles. The zero-order chi connectivity index (χ0) is 58.2. The highest BCUT2D eigenvalue weighted by atomic mass is 28.3. The Bertz CT molecular complexity index is 3670. The number of nitro benzene ring substituents is 1. The molecule has 20 heteroatoms. The number of aryl methyl sites for hydroxylation is 2. The standard InChI is InChI=1S/C30H37N7O3Si.C30H39N7OSi/c1-34(2)14-15-35(3)27-19-29(40-5)25(18-28(27)37(38)39)33-30-31-13-11-24(32-30)23-20-36(4)26-17-21(9-10-22(23)26)12-16-41(6,7)8;1-35(2)14-15-36(3)28-19-29(38-5)26(18-24(28)31)34-30-32-13-11-25(33-30)23-20-37(4)27-17-21(9-10-22(23)27)12-16-39(6,7)8/h9-11,13,17-20H,14-15H2,1-8H3,(H,31,32,33);9-11,13,17-20H,14-15,31H2,1-8H3,(H,32,33,34). The molecule has 0 aliphatic rings. The molecule has 0 atom stereocenters. The van der Waals surface area contributed by atoms with Crippen molar-refractivity contribution in [2.24, 2.45) is 14.1 Å². The van der Waals surface area contributed by atoms with E-state index in [1.54, 1.807) is 25.6 Å². The van der Waals surface area contributed by atoms with E-state index in [0.717, 1.165) is 80.8 Å². The van der Waals surface area contributed by atoms with E-state index >= 15 is 0 Å². The van der Waals surface area contributed by atoms with Gasteiger partial charge in [0.15, 0.2) is 0 Å². The Labute approximate surface area is 473 Å². The molecule has 0 unspecified atom stereocenters. The number of hydrogen-bond acceptors (Lipinski definition) is 15. The molecule has 80 heavy (non-hydrogen) atoms. The molecule has 0 bridgehead atoms. The maximum Gasteiger partial charge on any atom is 0.294 e. The van der Waals surface area contributed by atoms with Crippen molar-refractivity contribution in [1.29, 1.82) is 0 Å². The Balaban J connectivity index is 0.000000231. The van der Waals surface area contributed by atoms with Crippen molar-refractivity contribution in [2.45, 2.75) is 39.3 Å². The summed E-state index contributed by atoms with van der Waals surface area (Å²) < 4.78 is 15.5. The van der Waals surface area contributed by atoms with Crippen molar-refractivity contribution < 1.29 is 14.4 Å². The predicted molar refractivity (Wildman–Crippen MR) is 336 cm³/mol. The van der Waals surface area contributed by atoms with E-state index in [9.17, 15) is 10.1 Å². The third-order valence-electron chi connectivity index (χ3n) is 12.9. The molecule has 0 spiro atoms. The van der Waals surface area contributed by atoms with Gasteiger partial charge in [0.1, 0.15) is 33.3 Å². The van der Waals surface area contributed by atoms with E-state index in [0.29, 0.717) is 52.7 Å². The van der Waals surface area contributed by atoms with E-state index in [2.05, 4.69) is 152 Å². The summed E-state index contributed by atoms with van der Waals surface area (Å²) in [5.41, 5.74) is 24.2. The quantitative estimate of drug-likeness (QED) is 0.0257. The van der Waals surface area contributed by atoms with E-state index < -0.39 is 16.1 Å². The highest BCUT2D eigenvalue weighted by molar-refractivity contribution is 6.84. The molecule has 8 rings (SSSR count).